The zero-order valence-electron chi connectivity index (χ0n) is 37.3. The Hall–Kier alpha value is -6.30. The van der Waals surface area contributed by atoms with Crippen LogP contribution in [0.4, 0.5) is 43.9 Å². The van der Waals surface area contributed by atoms with E-state index in [2.05, 4.69) is 52.6 Å². The number of rotatable bonds is 12. The van der Waals surface area contributed by atoms with E-state index < -0.39 is 36.4 Å². The zero-order valence-corrected chi connectivity index (χ0v) is 37.3. The number of carbonyl (C=O) groups excluding carboxylic acids is 1. The predicted octanol–water partition coefficient (Wildman–Crippen LogP) is 7.46. The Bertz CT molecular complexity index is 2230. The van der Waals surface area contributed by atoms with E-state index in [1.165, 1.54) is 11.6 Å². The van der Waals surface area contributed by atoms with Crippen molar-refractivity contribution < 1.29 is 87.6 Å². The lowest BCUT2D eigenvalue weighted by atomic mass is 10.00. The number of nitrogens with zero attached hydrogens (tertiary/aromatic N) is 3. The molecule has 13 nitrogen and oxygen atoms in total. The lowest BCUT2D eigenvalue weighted by molar-refractivity contribution is -0.913. The van der Waals surface area contributed by atoms with Gasteiger partial charge in [0.15, 0.2) is 0 Å². The maximum Gasteiger partial charge on any atom is 0.490 e. The maximum absolute atomic E-state index is 15.0. The summed E-state index contributed by atoms with van der Waals surface area (Å²) in [6.45, 7) is 13.0. The average Bonchev–Trinajstić information content (AvgIpc) is 3.27. The van der Waals surface area contributed by atoms with Crippen LogP contribution in [-0.4, -0.2) is 144 Å². The van der Waals surface area contributed by atoms with Crippen molar-refractivity contribution in [3.8, 4) is 16.9 Å². The highest BCUT2D eigenvalue weighted by molar-refractivity contribution is 5.94. The van der Waals surface area contributed by atoms with Crippen LogP contribution in [0.2, 0.25) is 0 Å². The number of aliphatic carboxylic acids is 3. The molecule has 0 aliphatic carbocycles. The number of amides is 1. The fourth-order valence-corrected chi connectivity index (χ4v) is 6.78. The van der Waals surface area contributed by atoms with Crippen LogP contribution < -0.4 is 15.4 Å². The quantitative estimate of drug-likeness (QED) is 0.0706. The van der Waals surface area contributed by atoms with Gasteiger partial charge in [-0.05, 0) is 71.6 Å². The van der Waals surface area contributed by atoms with Crippen molar-refractivity contribution >= 4 is 23.8 Å². The fourth-order valence-electron chi connectivity index (χ4n) is 6.78. The largest absolute Gasteiger partial charge is 0.490 e. The molecule has 0 radical (unpaired) electrons. The van der Waals surface area contributed by atoms with Crippen LogP contribution in [0, 0.1) is 5.82 Å². The summed E-state index contributed by atoms with van der Waals surface area (Å²) < 4.78 is 117. The zero-order chi connectivity index (χ0) is 51.6. The Morgan fingerprint density at radius 3 is 1.78 bits per heavy atom. The molecule has 4 aromatic rings. The lowest BCUT2D eigenvalue weighted by Gasteiger charge is -2.42. The predicted molar refractivity (Wildman–Crippen MR) is 231 cm³/mol. The topological polar surface area (TPSA) is 169 Å². The molecule has 2 saturated heterocycles. The van der Waals surface area contributed by atoms with Gasteiger partial charge in [-0.2, -0.15) is 39.5 Å². The minimum Gasteiger partial charge on any atom is -0.488 e. The summed E-state index contributed by atoms with van der Waals surface area (Å²) in [5, 5.41) is 27.9. The molecule has 0 saturated carbocycles. The van der Waals surface area contributed by atoms with E-state index in [-0.39, 0.29) is 11.7 Å². The molecule has 2 aliphatic heterocycles. The molecule has 2 aliphatic rings. The molecule has 0 bridgehead atoms. The average molecular weight is 993 g/mol. The van der Waals surface area contributed by atoms with Gasteiger partial charge in [-0.1, -0.05) is 54.6 Å². The summed E-state index contributed by atoms with van der Waals surface area (Å²) in [5.74, 6) is -7.74. The molecule has 2 heterocycles. The molecule has 69 heavy (non-hydrogen) atoms. The van der Waals surface area contributed by atoms with Crippen LogP contribution >= 0.6 is 0 Å². The van der Waals surface area contributed by atoms with Gasteiger partial charge >= 0.3 is 36.4 Å². The standard InChI is InChI=1S/C40H48FN5O2.3C2HF3O2/c1-31-28-45(17-16-42-31)30-33-8-6-10-35(24-33)38-26-32(14-15-39(38)41)27-43-40(47)36-11-7-9-34(25-36)29-44-18-20-46(2,21-19-44)22-23-48-37-12-4-3-5-13-37;3*3-2(4,5)1(6)7/h3-15,24-26,31,42H,16-23,27-30H2,1-2H3;3*(H,6,7)/p+1/t31-;;;/m0.../s1. The number of hydrogen-bond acceptors (Lipinski definition) is 8. The number of quaternary nitrogens is 1. The molecule has 1 amide bonds. The molecule has 0 aromatic heterocycles. The lowest BCUT2D eigenvalue weighted by Crippen LogP contribution is -2.58. The first-order valence-corrected chi connectivity index (χ1v) is 21.0. The molecule has 4 aromatic carbocycles. The Morgan fingerprint density at radius 1 is 0.696 bits per heavy atom. The molecular weight excluding hydrogens is 941 g/mol. The monoisotopic (exact) mass is 992 g/mol. The van der Waals surface area contributed by atoms with Crippen LogP contribution in [0.5, 0.6) is 5.75 Å². The van der Waals surface area contributed by atoms with Crippen LogP contribution in [0.25, 0.3) is 11.1 Å². The summed E-state index contributed by atoms with van der Waals surface area (Å²) in [6, 6.07) is 31.6. The molecule has 1 atom stereocenters. The number of halogens is 10. The molecule has 6 rings (SSSR count). The van der Waals surface area contributed by atoms with Crippen molar-refractivity contribution in [3.05, 3.63) is 125 Å². The number of nitrogens with one attached hydrogen (secondary N) is 2. The van der Waals surface area contributed by atoms with Crippen LogP contribution in [-0.2, 0) is 34.0 Å². The summed E-state index contributed by atoms with van der Waals surface area (Å²) in [6.07, 6.45) is -15.3. The minimum atomic E-state index is -5.08. The number of carboxylic acids is 3. The van der Waals surface area contributed by atoms with Crippen molar-refractivity contribution in [3.63, 3.8) is 0 Å². The molecule has 0 unspecified atom stereocenters. The third kappa shape index (κ3) is 20.8. The Kier molecular flexibility index (Phi) is 21.4. The summed E-state index contributed by atoms with van der Waals surface area (Å²) >= 11 is 0. The Morgan fingerprint density at radius 2 is 1.23 bits per heavy atom. The number of ether oxygens (including phenoxy) is 1. The van der Waals surface area contributed by atoms with Gasteiger partial charge in [0.2, 0.25) is 0 Å². The second-order valence-electron chi connectivity index (χ2n) is 16.1. The minimum absolute atomic E-state index is 0.128. The fraction of sp³-hybridized carbons (Fsp3) is 0.391. The van der Waals surface area contributed by atoms with E-state index >= 15 is 4.39 Å². The van der Waals surface area contributed by atoms with Crippen LogP contribution in [0.1, 0.15) is 34.0 Å². The smallest absolute Gasteiger partial charge is 0.488 e. The van der Waals surface area contributed by atoms with Crippen molar-refractivity contribution in [2.45, 2.75) is 51.1 Å². The molecule has 378 valence electrons. The summed E-state index contributed by atoms with van der Waals surface area (Å²) in [7, 11) is 2.31. The number of alkyl halides is 9. The third-order valence-corrected chi connectivity index (χ3v) is 10.5. The first-order valence-electron chi connectivity index (χ1n) is 21.0. The highest BCUT2D eigenvalue weighted by Crippen LogP contribution is 2.26. The molecule has 23 heteroatoms. The van der Waals surface area contributed by atoms with Crippen molar-refractivity contribution in [1.82, 2.24) is 20.4 Å². The van der Waals surface area contributed by atoms with Crippen molar-refractivity contribution in [2.24, 2.45) is 0 Å². The van der Waals surface area contributed by atoms with Gasteiger partial charge in [0.05, 0.1) is 20.1 Å². The van der Waals surface area contributed by atoms with Crippen LogP contribution in [0.15, 0.2) is 97.1 Å². The number of carboxylic acid groups (broad SMARTS) is 3. The Labute approximate surface area is 390 Å². The van der Waals surface area contributed by atoms with Gasteiger partial charge in [-0.25, -0.2) is 18.8 Å². The van der Waals surface area contributed by atoms with E-state index in [4.69, 9.17) is 34.4 Å². The van der Waals surface area contributed by atoms with Gasteiger partial charge in [-0.15, -0.1) is 0 Å². The molecule has 0 spiro atoms. The summed E-state index contributed by atoms with van der Waals surface area (Å²) in [5.41, 5.74) is 5.21. The highest BCUT2D eigenvalue weighted by Gasteiger charge is 2.39. The SMILES string of the molecule is C[C@H]1CN(Cc2cccc(-c3cc(CNC(=O)c4cccc(CN5CC[N+](C)(CCOc6ccccc6)CC5)c4)ccc3F)c2)CCN1.O=C(O)C(F)(F)F.O=C(O)C(F)(F)F.O=C(O)C(F)(F)F. The number of para-hydroxylation sites is 1. The first-order chi connectivity index (χ1) is 32.1. The van der Waals surface area contributed by atoms with Gasteiger partial charge in [0.25, 0.3) is 5.91 Å². The van der Waals surface area contributed by atoms with E-state index in [0.717, 1.165) is 92.4 Å². The normalized spacial score (nSPS) is 16.2. The van der Waals surface area contributed by atoms with E-state index in [1.807, 2.05) is 66.7 Å². The number of carbonyl (C=O) groups is 4. The number of benzene rings is 4. The van der Waals surface area contributed by atoms with Gasteiger partial charge < -0.3 is 35.2 Å². The second-order valence-corrected chi connectivity index (χ2v) is 16.1. The third-order valence-electron chi connectivity index (χ3n) is 10.5. The maximum atomic E-state index is 15.0. The van der Waals surface area contributed by atoms with E-state index in [1.54, 1.807) is 6.07 Å². The van der Waals surface area contributed by atoms with E-state index in [0.29, 0.717) is 30.3 Å². The first kappa shape index (κ1) is 57.0. The molecular formula is C46H52F10N5O8+. The van der Waals surface area contributed by atoms with E-state index in [9.17, 15) is 44.3 Å². The number of piperazine rings is 2. The second kappa shape index (κ2) is 25.9. The van der Waals surface area contributed by atoms with Gasteiger partial charge in [-0.3, -0.25) is 14.6 Å². The van der Waals surface area contributed by atoms with Crippen LogP contribution in [0.3, 0.4) is 0 Å². The summed E-state index contributed by atoms with van der Waals surface area (Å²) in [4.78, 5) is 44.8. The van der Waals surface area contributed by atoms with Crippen molar-refractivity contribution in [2.75, 3.05) is 66.0 Å². The Balaban J connectivity index is 0.000000500. The number of hydrogen-bond donors (Lipinski definition) is 5. The number of likely N-dealkylation sites (N-methyl/N-ethyl adjacent to an activating group) is 1. The molecule has 2 fully saturated rings. The molecule has 5 N–H and O–H groups in total. The highest BCUT2D eigenvalue weighted by atomic mass is 19.4. The van der Waals surface area contributed by atoms with Crippen molar-refractivity contribution in [1.29, 1.82) is 0 Å². The van der Waals surface area contributed by atoms with Gasteiger partial charge in [0, 0.05) is 69.5 Å². The van der Waals surface area contributed by atoms with Gasteiger partial charge in [0.1, 0.15) is 24.7 Å².